The van der Waals surface area contributed by atoms with Crippen LogP contribution in [0.2, 0.25) is 0 Å². The summed E-state index contributed by atoms with van der Waals surface area (Å²) in [4.78, 5) is 27.5. The maximum absolute atomic E-state index is 12.3. The molecule has 1 aromatic carbocycles. The molecule has 0 atom stereocenters. The van der Waals surface area contributed by atoms with Crippen LogP contribution >= 0.6 is 11.8 Å². The number of nitrogens with zero attached hydrogens (tertiary/aromatic N) is 4. The molecule has 3 N–H and O–H groups in total. The van der Waals surface area contributed by atoms with E-state index in [2.05, 4.69) is 9.97 Å². The topological polar surface area (TPSA) is 119 Å². The maximum Gasteiger partial charge on any atom is 0.410 e. The van der Waals surface area contributed by atoms with Gasteiger partial charge in [-0.25, -0.2) is 9.36 Å². The first-order valence-corrected chi connectivity index (χ1v) is 12.9. The number of nitrogens with two attached hydrogens (primary N) is 1. The SMILES string of the molecule is COc1ccc(OC)c(Sc2nc3c([nH]2)c(N)nc[n+]3CCC2CCN(C(=O)OC(C)(C)C)CC2)c1. The van der Waals surface area contributed by atoms with Crippen molar-refractivity contribution in [3.05, 3.63) is 24.5 Å². The van der Waals surface area contributed by atoms with E-state index in [0.717, 1.165) is 47.8 Å². The summed E-state index contributed by atoms with van der Waals surface area (Å²) in [7, 11) is 3.27. The number of hydrogen-bond donors (Lipinski definition) is 2. The highest BCUT2D eigenvalue weighted by molar-refractivity contribution is 7.99. The molecule has 3 aromatic rings. The molecule has 1 aliphatic heterocycles. The number of carbonyl (C=O) groups is 1. The molecule has 3 heterocycles. The number of methoxy groups -OCH3 is 2. The third-order valence-corrected chi connectivity index (χ3v) is 7.07. The zero-order valence-electron chi connectivity index (χ0n) is 21.5. The molecule has 11 heteroatoms. The second-order valence-electron chi connectivity index (χ2n) is 9.88. The number of fused-ring (bicyclic) bond motifs is 1. The Morgan fingerprint density at radius 1 is 1.25 bits per heavy atom. The van der Waals surface area contributed by atoms with Crippen molar-refractivity contribution in [1.29, 1.82) is 0 Å². The van der Waals surface area contributed by atoms with E-state index in [4.69, 9.17) is 24.9 Å². The first kappa shape index (κ1) is 25.9. The number of nitrogens with one attached hydrogen (secondary N) is 1. The summed E-state index contributed by atoms with van der Waals surface area (Å²) < 4.78 is 18.4. The second-order valence-corrected chi connectivity index (χ2v) is 10.9. The van der Waals surface area contributed by atoms with Crippen LogP contribution in [0.15, 0.2) is 34.6 Å². The van der Waals surface area contributed by atoms with Gasteiger partial charge in [0.15, 0.2) is 5.52 Å². The number of piperidine rings is 1. The van der Waals surface area contributed by atoms with Crippen LogP contribution in [0.5, 0.6) is 11.5 Å². The quantitative estimate of drug-likeness (QED) is 0.453. The molecule has 1 amide bonds. The zero-order chi connectivity index (χ0) is 25.9. The number of anilines is 1. The molecule has 10 nitrogen and oxygen atoms in total. The van der Waals surface area contributed by atoms with Crippen molar-refractivity contribution in [1.82, 2.24) is 19.9 Å². The van der Waals surface area contributed by atoms with Gasteiger partial charge < -0.3 is 29.8 Å². The Bertz CT molecular complexity index is 1220. The number of hydrogen-bond acceptors (Lipinski definition) is 8. The molecule has 36 heavy (non-hydrogen) atoms. The van der Waals surface area contributed by atoms with E-state index in [1.54, 1.807) is 20.5 Å². The summed E-state index contributed by atoms with van der Waals surface area (Å²) >= 11 is 1.45. The van der Waals surface area contributed by atoms with Gasteiger partial charge in [0, 0.05) is 13.1 Å². The molecule has 1 saturated heterocycles. The summed E-state index contributed by atoms with van der Waals surface area (Å²) in [5, 5.41) is 0.690. The fourth-order valence-corrected chi connectivity index (χ4v) is 5.13. The van der Waals surface area contributed by atoms with E-state index in [-0.39, 0.29) is 6.09 Å². The average molecular weight is 516 g/mol. The number of aromatic nitrogens is 4. The van der Waals surface area contributed by atoms with Crippen LogP contribution < -0.4 is 19.8 Å². The summed E-state index contributed by atoms with van der Waals surface area (Å²) in [6.45, 7) is 7.86. The van der Waals surface area contributed by atoms with Crippen LogP contribution in [0.3, 0.4) is 0 Å². The molecule has 4 rings (SSSR count). The summed E-state index contributed by atoms with van der Waals surface area (Å²) in [6.07, 6.45) is 4.38. The largest absolute Gasteiger partial charge is 0.497 e. The number of H-pyrrole nitrogens is 1. The molecule has 2 aromatic heterocycles. The molecular weight excluding hydrogens is 480 g/mol. The van der Waals surface area contributed by atoms with Crippen LogP contribution in [0.25, 0.3) is 11.2 Å². The third kappa shape index (κ3) is 6.13. The molecule has 1 fully saturated rings. The summed E-state index contributed by atoms with van der Waals surface area (Å²) in [6, 6.07) is 5.64. The molecule has 0 radical (unpaired) electrons. The van der Waals surface area contributed by atoms with E-state index in [1.165, 1.54) is 11.8 Å². The predicted octanol–water partition coefficient (Wildman–Crippen LogP) is 4.03. The molecule has 0 unspecified atom stereocenters. The lowest BCUT2D eigenvalue weighted by atomic mass is 9.94. The Morgan fingerprint density at radius 2 is 2.00 bits per heavy atom. The van der Waals surface area contributed by atoms with Crippen molar-refractivity contribution in [2.45, 2.75) is 62.2 Å². The number of imidazole rings is 1. The van der Waals surface area contributed by atoms with Crippen molar-refractivity contribution < 1.29 is 23.6 Å². The number of benzene rings is 1. The molecule has 0 spiro atoms. The molecule has 1 aliphatic rings. The normalized spacial score (nSPS) is 14.8. The highest BCUT2D eigenvalue weighted by atomic mass is 32.2. The average Bonchev–Trinajstić information content (AvgIpc) is 3.27. The number of rotatable bonds is 7. The number of amides is 1. The third-order valence-electron chi connectivity index (χ3n) is 6.15. The van der Waals surface area contributed by atoms with E-state index in [1.807, 2.05) is 48.4 Å². The monoisotopic (exact) mass is 515 g/mol. The number of carbonyl (C=O) groups excluding carboxylic acids is 1. The number of aromatic amines is 1. The Hall–Kier alpha value is -3.21. The minimum Gasteiger partial charge on any atom is -0.497 e. The molecule has 194 valence electrons. The maximum atomic E-state index is 12.3. The Labute approximate surface area is 215 Å². The van der Waals surface area contributed by atoms with Crippen molar-refractivity contribution in [3.8, 4) is 11.5 Å². The van der Waals surface area contributed by atoms with Gasteiger partial charge >= 0.3 is 6.09 Å². The van der Waals surface area contributed by atoms with Crippen LogP contribution in [-0.4, -0.2) is 58.9 Å². The van der Waals surface area contributed by atoms with Gasteiger partial charge in [0.05, 0.1) is 25.7 Å². The fourth-order valence-electron chi connectivity index (χ4n) is 4.21. The zero-order valence-corrected chi connectivity index (χ0v) is 22.4. The van der Waals surface area contributed by atoms with Crippen LogP contribution in [0.1, 0.15) is 40.0 Å². The molecular formula is C25H35N6O4S+. The van der Waals surface area contributed by atoms with Gasteiger partial charge in [-0.2, -0.15) is 0 Å². The van der Waals surface area contributed by atoms with E-state index in [0.29, 0.717) is 35.5 Å². The van der Waals surface area contributed by atoms with E-state index < -0.39 is 5.60 Å². The molecule has 0 bridgehead atoms. The Balaban J connectivity index is 1.43. The lowest BCUT2D eigenvalue weighted by Crippen LogP contribution is -2.43. The predicted molar refractivity (Wildman–Crippen MR) is 137 cm³/mol. The number of likely N-dealkylation sites (tertiary alicyclic amines) is 1. The lowest BCUT2D eigenvalue weighted by Gasteiger charge is -2.33. The number of nitrogen functional groups attached to an aromatic ring is 1. The van der Waals surface area contributed by atoms with Crippen molar-refractivity contribution in [2.75, 3.05) is 33.0 Å². The second kappa shape index (κ2) is 10.8. The van der Waals surface area contributed by atoms with Gasteiger partial charge in [0.1, 0.15) is 17.1 Å². The number of ether oxygens (including phenoxy) is 3. The smallest absolute Gasteiger partial charge is 0.410 e. The van der Waals surface area contributed by atoms with Gasteiger partial charge in [0.2, 0.25) is 17.3 Å². The van der Waals surface area contributed by atoms with Crippen molar-refractivity contribution in [2.24, 2.45) is 5.92 Å². The van der Waals surface area contributed by atoms with Crippen LogP contribution in [0.4, 0.5) is 10.6 Å². The van der Waals surface area contributed by atoms with Crippen LogP contribution in [0, 0.1) is 5.92 Å². The van der Waals surface area contributed by atoms with E-state index >= 15 is 0 Å². The minimum atomic E-state index is -0.476. The highest BCUT2D eigenvalue weighted by Gasteiger charge is 2.27. The van der Waals surface area contributed by atoms with Gasteiger partial charge in [-0.3, -0.25) is 0 Å². The highest BCUT2D eigenvalue weighted by Crippen LogP contribution is 2.37. The van der Waals surface area contributed by atoms with Gasteiger partial charge in [-0.15, -0.1) is 0 Å². The first-order chi connectivity index (χ1) is 17.2. The van der Waals surface area contributed by atoms with Crippen molar-refractivity contribution in [3.63, 3.8) is 0 Å². The Kier molecular flexibility index (Phi) is 7.77. The molecule has 0 aliphatic carbocycles. The van der Waals surface area contributed by atoms with Gasteiger partial charge in [-0.05, 0) is 75.9 Å². The first-order valence-electron chi connectivity index (χ1n) is 12.1. The summed E-state index contributed by atoms with van der Waals surface area (Å²) in [5.41, 5.74) is 7.16. The number of aryl methyl sites for hydroxylation is 1. The van der Waals surface area contributed by atoms with E-state index in [9.17, 15) is 4.79 Å². The van der Waals surface area contributed by atoms with Crippen LogP contribution in [-0.2, 0) is 11.3 Å². The van der Waals surface area contributed by atoms with Gasteiger partial charge in [0.25, 0.3) is 5.65 Å². The fraction of sp³-hybridized carbons (Fsp3) is 0.520. The minimum absolute atomic E-state index is 0.228. The lowest BCUT2D eigenvalue weighted by molar-refractivity contribution is -0.677. The Morgan fingerprint density at radius 3 is 2.67 bits per heavy atom. The standard InChI is InChI=1S/C25H34N6O4S/c1-25(2,3)35-24(32)30-11-8-16(9-12-30)10-13-31-15-27-21(26)20-22(31)29-23(28-20)36-19-14-17(33-4)6-7-18(19)34-5/h6-7,14-16H,8-13H2,1-5H3,(H2,26,28,29)/p+1. The molecule has 0 saturated carbocycles. The van der Waals surface area contributed by atoms with Gasteiger partial charge in [-0.1, -0.05) is 9.97 Å². The van der Waals surface area contributed by atoms with Crippen molar-refractivity contribution >= 4 is 34.8 Å². The summed E-state index contributed by atoms with van der Waals surface area (Å²) in [5.74, 6) is 2.39.